The first kappa shape index (κ1) is 16.2. The number of hydrogen-bond donors (Lipinski definition) is 0. The average molecular weight is 350 g/mol. The Morgan fingerprint density at radius 1 is 1.04 bits per heavy atom. The number of benzene rings is 1. The number of hydrogen-bond acceptors (Lipinski definition) is 3. The molecule has 0 spiro atoms. The van der Waals surface area contributed by atoms with E-state index in [1.807, 2.05) is 17.0 Å². The molecule has 0 N–H and O–H groups in total. The first-order valence-electron chi connectivity index (χ1n) is 7.49. The second-order valence-electron chi connectivity index (χ2n) is 5.54. The van der Waals surface area contributed by atoms with Crippen LogP contribution >= 0.6 is 23.2 Å². The molecule has 0 atom stereocenters. The molecule has 1 aliphatic rings. The molecule has 0 radical (unpaired) electrons. The van der Waals surface area contributed by atoms with E-state index in [-0.39, 0.29) is 5.91 Å². The lowest BCUT2D eigenvalue weighted by atomic mass is 10.1. The zero-order valence-electron chi connectivity index (χ0n) is 12.6. The van der Waals surface area contributed by atoms with E-state index in [9.17, 15) is 4.79 Å². The lowest BCUT2D eigenvalue weighted by Crippen LogP contribution is -2.48. The topological polar surface area (TPSA) is 36.4 Å². The van der Waals surface area contributed by atoms with Crippen LogP contribution in [0, 0.1) is 0 Å². The van der Waals surface area contributed by atoms with Crippen molar-refractivity contribution in [2.24, 2.45) is 0 Å². The fourth-order valence-electron chi connectivity index (χ4n) is 2.68. The second kappa shape index (κ2) is 7.30. The normalized spacial score (nSPS) is 15.7. The molecule has 23 heavy (non-hydrogen) atoms. The van der Waals surface area contributed by atoms with Crippen LogP contribution < -0.4 is 0 Å². The molecule has 6 heteroatoms. The van der Waals surface area contributed by atoms with Crippen LogP contribution in [0.4, 0.5) is 0 Å². The van der Waals surface area contributed by atoms with E-state index < -0.39 is 0 Å². The van der Waals surface area contributed by atoms with E-state index in [0.29, 0.717) is 28.7 Å². The Morgan fingerprint density at radius 2 is 1.74 bits per heavy atom. The monoisotopic (exact) mass is 349 g/mol. The quantitative estimate of drug-likeness (QED) is 0.852. The van der Waals surface area contributed by atoms with Gasteiger partial charge in [-0.2, -0.15) is 0 Å². The largest absolute Gasteiger partial charge is 0.336 e. The van der Waals surface area contributed by atoms with Gasteiger partial charge in [0.25, 0.3) is 5.91 Å². The minimum atomic E-state index is 0.0663. The van der Waals surface area contributed by atoms with E-state index in [0.717, 1.165) is 25.2 Å². The van der Waals surface area contributed by atoms with Gasteiger partial charge in [0.05, 0.1) is 0 Å². The Hall–Kier alpha value is -1.62. The molecule has 1 aromatic carbocycles. The Balaban J connectivity index is 1.57. The van der Waals surface area contributed by atoms with Crippen molar-refractivity contribution in [3.8, 4) is 0 Å². The summed E-state index contributed by atoms with van der Waals surface area (Å²) in [5, 5.41) is 1.33. The number of halogens is 2. The van der Waals surface area contributed by atoms with Gasteiger partial charge in [0.2, 0.25) is 0 Å². The molecule has 0 saturated carbocycles. The number of rotatable bonds is 3. The summed E-state index contributed by atoms with van der Waals surface area (Å²) in [6, 6.07) is 9.08. The van der Waals surface area contributed by atoms with Gasteiger partial charge in [0.15, 0.2) is 0 Å². The van der Waals surface area contributed by atoms with Crippen LogP contribution in [0.25, 0.3) is 0 Å². The molecule has 0 aliphatic carbocycles. The van der Waals surface area contributed by atoms with Crippen LogP contribution in [-0.2, 0) is 6.54 Å². The van der Waals surface area contributed by atoms with Gasteiger partial charge in [-0.3, -0.25) is 14.7 Å². The van der Waals surface area contributed by atoms with E-state index >= 15 is 0 Å². The van der Waals surface area contributed by atoms with Crippen molar-refractivity contribution < 1.29 is 4.79 Å². The van der Waals surface area contributed by atoms with Gasteiger partial charge in [0, 0.05) is 60.7 Å². The predicted molar refractivity (Wildman–Crippen MR) is 91.9 cm³/mol. The standard InChI is InChI=1S/C17H17Cl2N3O/c18-15-2-1-14(16(19)11-15)12-21-7-9-22(10-8-21)17(23)13-3-5-20-6-4-13/h1-6,11H,7-10,12H2. The molecular formula is C17H17Cl2N3O. The summed E-state index contributed by atoms with van der Waals surface area (Å²) >= 11 is 12.2. The molecule has 1 fully saturated rings. The van der Waals surface area contributed by atoms with E-state index in [4.69, 9.17) is 23.2 Å². The number of carbonyl (C=O) groups excluding carboxylic acids is 1. The van der Waals surface area contributed by atoms with Gasteiger partial charge < -0.3 is 4.90 Å². The summed E-state index contributed by atoms with van der Waals surface area (Å²) in [7, 11) is 0. The summed E-state index contributed by atoms with van der Waals surface area (Å²) < 4.78 is 0. The SMILES string of the molecule is O=C(c1ccncc1)N1CCN(Cc2ccc(Cl)cc2Cl)CC1. The first-order valence-corrected chi connectivity index (χ1v) is 8.24. The van der Waals surface area contributed by atoms with Crippen LogP contribution in [0.2, 0.25) is 10.0 Å². The Morgan fingerprint density at radius 3 is 2.39 bits per heavy atom. The van der Waals surface area contributed by atoms with Gasteiger partial charge in [-0.1, -0.05) is 29.3 Å². The van der Waals surface area contributed by atoms with Crippen molar-refractivity contribution in [2.45, 2.75) is 6.54 Å². The number of aromatic nitrogens is 1. The van der Waals surface area contributed by atoms with Crippen molar-refractivity contribution in [1.29, 1.82) is 0 Å². The molecule has 0 unspecified atom stereocenters. The predicted octanol–water partition coefficient (Wildman–Crippen LogP) is 3.35. The Bertz CT molecular complexity index is 685. The molecule has 1 aromatic heterocycles. The lowest BCUT2D eigenvalue weighted by Gasteiger charge is -2.35. The molecule has 1 saturated heterocycles. The molecule has 3 rings (SSSR count). The van der Waals surface area contributed by atoms with Crippen molar-refractivity contribution in [1.82, 2.24) is 14.8 Å². The highest BCUT2D eigenvalue weighted by atomic mass is 35.5. The van der Waals surface area contributed by atoms with Gasteiger partial charge in [-0.15, -0.1) is 0 Å². The molecular weight excluding hydrogens is 333 g/mol. The van der Waals surface area contributed by atoms with Gasteiger partial charge in [0.1, 0.15) is 0 Å². The number of nitrogens with zero attached hydrogens (tertiary/aromatic N) is 3. The molecule has 4 nitrogen and oxygen atoms in total. The molecule has 1 amide bonds. The zero-order valence-corrected chi connectivity index (χ0v) is 14.1. The van der Waals surface area contributed by atoms with Crippen molar-refractivity contribution in [3.63, 3.8) is 0 Å². The number of amides is 1. The summed E-state index contributed by atoms with van der Waals surface area (Å²) in [6.07, 6.45) is 3.29. The van der Waals surface area contributed by atoms with Crippen molar-refractivity contribution in [2.75, 3.05) is 26.2 Å². The van der Waals surface area contributed by atoms with Crippen molar-refractivity contribution in [3.05, 3.63) is 63.9 Å². The Kier molecular flexibility index (Phi) is 5.16. The van der Waals surface area contributed by atoms with E-state index in [2.05, 4.69) is 9.88 Å². The second-order valence-corrected chi connectivity index (χ2v) is 6.38. The first-order chi connectivity index (χ1) is 11.1. The number of piperazine rings is 1. The summed E-state index contributed by atoms with van der Waals surface area (Å²) in [5.74, 6) is 0.0663. The molecule has 2 aromatic rings. The third-order valence-electron chi connectivity index (χ3n) is 4.00. The van der Waals surface area contributed by atoms with Crippen molar-refractivity contribution >= 4 is 29.1 Å². The van der Waals surface area contributed by atoms with Crippen LogP contribution in [0.3, 0.4) is 0 Å². The maximum Gasteiger partial charge on any atom is 0.254 e. The lowest BCUT2D eigenvalue weighted by molar-refractivity contribution is 0.0628. The zero-order chi connectivity index (χ0) is 16.2. The summed E-state index contributed by atoms with van der Waals surface area (Å²) in [4.78, 5) is 20.5. The van der Waals surface area contributed by atoms with Crippen LogP contribution in [0.1, 0.15) is 15.9 Å². The number of carbonyl (C=O) groups is 1. The molecule has 1 aliphatic heterocycles. The molecule has 0 bridgehead atoms. The summed E-state index contributed by atoms with van der Waals surface area (Å²) in [6.45, 7) is 3.86. The fourth-order valence-corrected chi connectivity index (χ4v) is 3.15. The third kappa shape index (κ3) is 4.02. The average Bonchev–Trinajstić information content (AvgIpc) is 2.58. The number of pyridine rings is 1. The third-order valence-corrected chi connectivity index (χ3v) is 4.58. The van der Waals surface area contributed by atoms with Crippen LogP contribution in [0.5, 0.6) is 0 Å². The van der Waals surface area contributed by atoms with Gasteiger partial charge in [-0.05, 0) is 29.8 Å². The maximum absolute atomic E-state index is 12.4. The minimum absolute atomic E-state index is 0.0663. The van der Waals surface area contributed by atoms with E-state index in [1.54, 1.807) is 30.6 Å². The Labute approximate surface area is 145 Å². The van der Waals surface area contributed by atoms with Crippen LogP contribution in [0.15, 0.2) is 42.7 Å². The highest BCUT2D eigenvalue weighted by Crippen LogP contribution is 2.22. The van der Waals surface area contributed by atoms with Gasteiger partial charge in [-0.25, -0.2) is 0 Å². The minimum Gasteiger partial charge on any atom is -0.336 e. The highest BCUT2D eigenvalue weighted by molar-refractivity contribution is 6.35. The molecule has 2 heterocycles. The summed E-state index contributed by atoms with van der Waals surface area (Å²) in [5.41, 5.74) is 1.75. The smallest absolute Gasteiger partial charge is 0.254 e. The fraction of sp³-hybridized carbons (Fsp3) is 0.294. The molecule has 120 valence electrons. The maximum atomic E-state index is 12.4. The highest BCUT2D eigenvalue weighted by Gasteiger charge is 2.22. The van der Waals surface area contributed by atoms with Gasteiger partial charge >= 0.3 is 0 Å². The van der Waals surface area contributed by atoms with E-state index in [1.165, 1.54) is 0 Å². The van der Waals surface area contributed by atoms with Crippen LogP contribution in [-0.4, -0.2) is 46.9 Å².